The summed E-state index contributed by atoms with van der Waals surface area (Å²) in [7, 11) is 0. The lowest BCUT2D eigenvalue weighted by Crippen LogP contribution is -2.02. The van der Waals surface area contributed by atoms with E-state index in [0.717, 1.165) is 13.0 Å². The molecule has 0 bridgehead atoms. The molecule has 2 rings (SSSR count). The number of nitrogens with zero attached hydrogens (tertiary/aromatic N) is 1. The number of rotatable bonds is 5. The van der Waals surface area contributed by atoms with Crippen LogP contribution in [0.5, 0.6) is 0 Å². The lowest BCUT2D eigenvalue weighted by atomic mass is 9.94. The number of allylic oxidation sites excluding steroid dienone is 4. The summed E-state index contributed by atoms with van der Waals surface area (Å²) in [5.74, 6) is 0. The van der Waals surface area contributed by atoms with E-state index >= 15 is 0 Å². The van der Waals surface area contributed by atoms with Crippen LogP contribution in [0.25, 0.3) is 5.57 Å². The summed E-state index contributed by atoms with van der Waals surface area (Å²) in [6, 6.07) is 8.68. The Labute approximate surface area is 123 Å². The van der Waals surface area contributed by atoms with Gasteiger partial charge in [0.25, 0.3) is 0 Å². The van der Waals surface area contributed by atoms with Crippen molar-refractivity contribution in [3.8, 4) is 0 Å². The van der Waals surface area contributed by atoms with E-state index in [1.165, 1.54) is 46.4 Å². The molecule has 0 saturated heterocycles. The van der Waals surface area contributed by atoms with Gasteiger partial charge in [0.15, 0.2) is 0 Å². The maximum Gasteiger partial charge on any atom is 0.0395 e. The molecule has 1 nitrogen and oxygen atoms in total. The van der Waals surface area contributed by atoms with Crippen LogP contribution in [-0.2, 0) is 0 Å². The highest BCUT2D eigenvalue weighted by molar-refractivity contribution is 6.03. The second-order valence-corrected chi connectivity index (χ2v) is 5.70. The lowest BCUT2D eigenvalue weighted by Gasteiger charge is -2.12. The van der Waals surface area contributed by atoms with Gasteiger partial charge in [0.1, 0.15) is 0 Å². The van der Waals surface area contributed by atoms with Crippen molar-refractivity contribution in [2.75, 3.05) is 6.54 Å². The van der Waals surface area contributed by atoms with Crippen LogP contribution in [0.2, 0.25) is 0 Å². The highest BCUT2D eigenvalue weighted by atomic mass is 14.7. The zero-order chi connectivity index (χ0) is 14.5. The molecule has 0 unspecified atom stereocenters. The fourth-order valence-electron chi connectivity index (χ4n) is 2.79. The second-order valence-electron chi connectivity index (χ2n) is 5.70. The first kappa shape index (κ1) is 14.8. The lowest BCUT2D eigenvalue weighted by molar-refractivity contribution is 0.808. The molecule has 20 heavy (non-hydrogen) atoms. The number of hydrogen-bond acceptors (Lipinski definition) is 1. The van der Waals surface area contributed by atoms with Gasteiger partial charge in [0, 0.05) is 17.8 Å². The molecular weight excluding hydrogens is 242 g/mol. The molecule has 0 atom stereocenters. The Morgan fingerprint density at radius 3 is 2.60 bits per heavy atom. The van der Waals surface area contributed by atoms with Gasteiger partial charge < -0.3 is 0 Å². The van der Waals surface area contributed by atoms with Crippen molar-refractivity contribution in [3.63, 3.8) is 0 Å². The molecule has 0 aromatic heterocycles. The SMILES string of the molecule is CCCC/N=C(\C)c1ccccc1C1=C(C)C=C(C)C1. The number of hydrogen-bond donors (Lipinski definition) is 0. The molecule has 0 fully saturated rings. The minimum Gasteiger partial charge on any atom is -0.289 e. The topological polar surface area (TPSA) is 12.4 Å². The standard InChI is InChI=1S/C19H25N/c1-5-6-11-20-16(4)17-9-7-8-10-18(17)19-13-14(2)12-15(19)3/h7-10,12H,5-6,11,13H2,1-4H3/b20-16+. The molecule has 0 radical (unpaired) electrons. The monoisotopic (exact) mass is 267 g/mol. The average Bonchev–Trinajstić information content (AvgIpc) is 2.78. The fourth-order valence-corrected chi connectivity index (χ4v) is 2.79. The molecule has 1 aromatic carbocycles. The van der Waals surface area contributed by atoms with Crippen molar-refractivity contribution >= 4 is 11.3 Å². The highest BCUT2D eigenvalue weighted by Crippen LogP contribution is 2.34. The number of aliphatic imine (C=N–C) groups is 1. The first-order valence-electron chi connectivity index (χ1n) is 7.61. The van der Waals surface area contributed by atoms with Gasteiger partial charge in [0.2, 0.25) is 0 Å². The van der Waals surface area contributed by atoms with Crippen molar-refractivity contribution in [1.82, 2.24) is 0 Å². The van der Waals surface area contributed by atoms with Gasteiger partial charge in [-0.3, -0.25) is 4.99 Å². The largest absolute Gasteiger partial charge is 0.289 e. The van der Waals surface area contributed by atoms with E-state index in [1.54, 1.807) is 0 Å². The van der Waals surface area contributed by atoms with Crippen molar-refractivity contribution in [3.05, 3.63) is 52.6 Å². The summed E-state index contributed by atoms with van der Waals surface area (Å²) in [5, 5.41) is 0. The van der Waals surface area contributed by atoms with Crippen LogP contribution < -0.4 is 0 Å². The van der Waals surface area contributed by atoms with Crippen LogP contribution in [0, 0.1) is 0 Å². The minimum absolute atomic E-state index is 0.936. The summed E-state index contributed by atoms with van der Waals surface area (Å²) in [5.41, 5.74) is 8.13. The first-order chi connectivity index (χ1) is 9.63. The summed E-state index contributed by atoms with van der Waals surface area (Å²) in [6.45, 7) is 9.71. The minimum atomic E-state index is 0.936. The molecule has 0 spiro atoms. The predicted molar refractivity (Wildman–Crippen MR) is 89.4 cm³/mol. The van der Waals surface area contributed by atoms with E-state index < -0.39 is 0 Å². The highest BCUT2D eigenvalue weighted by Gasteiger charge is 2.15. The normalized spacial score (nSPS) is 15.8. The Morgan fingerprint density at radius 1 is 1.20 bits per heavy atom. The third-order valence-corrected chi connectivity index (χ3v) is 3.90. The van der Waals surface area contributed by atoms with Crippen molar-refractivity contribution in [1.29, 1.82) is 0 Å². The van der Waals surface area contributed by atoms with E-state index in [9.17, 15) is 0 Å². The maximum absolute atomic E-state index is 4.74. The van der Waals surface area contributed by atoms with Crippen LogP contribution >= 0.6 is 0 Å². The van der Waals surface area contributed by atoms with Crippen LogP contribution in [0.4, 0.5) is 0 Å². The molecule has 0 heterocycles. The van der Waals surface area contributed by atoms with Crippen LogP contribution in [0.15, 0.2) is 46.5 Å². The Hall–Kier alpha value is -1.63. The van der Waals surface area contributed by atoms with Crippen molar-refractivity contribution < 1.29 is 0 Å². The number of benzene rings is 1. The molecule has 0 N–H and O–H groups in total. The van der Waals surface area contributed by atoms with Gasteiger partial charge in [-0.05, 0) is 50.3 Å². The third-order valence-electron chi connectivity index (χ3n) is 3.90. The van der Waals surface area contributed by atoms with E-state index in [0.29, 0.717) is 0 Å². The van der Waals surface area contributed by atoms with Crippen LogP contribution in [-0.4, -0.2) is 12.3 Å². The molecule has 1 aliphatic rings. The number of unbranched alkanes of at least 4 members (excludes halogenated alkanes) is 1. The van der Waals surface area contributed by atoms with Gasteiger partial charge >= 0.3 is 0 Å². The van der Waals surface area contributed by atoms with Crippen molar-refractivity contribution in [2.45, 2.75) is 47.0 Å². The predicted octanol–water partition coefficient (Wildman–Crippen LogP) is 5.42. The van der Waals surface area contributed by atoms with Crippen molar-refractivity contribution in [2.24, 2.45) is 4.99 Å². The molecule has 0 saturated carbocycles. The Bertz CT molecular complexity index is 573. The van der Waals surface area contributed by atoms with Gasteiger partial charge in [-0.1, -0.05) is 49.3 Å². The molecule has 1 aromatic rings. The molecule has 1 aliphatic carbocycles. The third kappa shape index (κ3) is 3.27. The maximum atomic E-state index is 4.74. The summed E-state index contributed by atoms with van der Waals surface area (Å²) in [6.07, 6.45) is 5.74. The van der Waals surface area contributed by atoms with E-state index in [4.69, 9.17) is 4.99 Å². The van der Waals surface area contributed by atoms with Crippen LogP contribution in [0.3, 0.4) is 0 Å². The first-order valence-corrected chi connectivity index (χ1v) is 7.61. The smallest absolute Gasteiger partial charge is 0.0395 e. The van der Waals surface area contributed by atoms with E-state index in [2.05, 4.69) is 58.0 Å². The van der Waals surface area contributed by atoms with Gasteiger partial charge in [-0.2, -0.15) is 0 Å². The second kappa shape index (κ2) is 6.69. The molecule has 0 aliphatic heterocycles. The quantitative estimate of drug-likeness (QED) is 0.499. The summed E-state index contributed by atoms with van der Waals surface area (Å²) >= 11 is 0. The average molecular weight is 267 g/mol. The zero-order valence-corrected chi connectivity index (χ0v) is 13.2. The van der Waals surface area contributed by atoms with E-state index in [1.807, 2.05) is 0 Å². The van der Waals surface area contributed by atoms with E-state index in [-0.39, 0.29) is 0 Å². The molecule has 0 amide bonds. The Morgan fingerprint density at radius 2 is 1.95 bits per heavy atom. The Kier molecular flexibility index (Phi) is 4.94. The molecular formula is C19H25N. The van der Waals surface area contributed by atoms with Crippen LogP contribution in [0.1, 0.15) is 58.1 Å². The summed E-state index contributed by atoms with van der Waals surface area (Å²) in [4.78, 5) is 4.74. The Balaban J connectivity index is 2.33. The van der Waals surface area contributed by atoms with Gasteiger partial charge in [0.05, 0.1) is 0 Å². The van der Waals surface area contributed by atoms with Gasteiger partial charge in [-0.15, -0.1) is 0 Å². The van der Waals surface area contributed by atoms with Gasteiger partial charge in [-0.25, -0.2) is 0 Å². The molecule has 1 heteroatoms. The zero-order valence-electron chi connectivity index (χ0n) is 13.2. The molecule has 106 valence electrons. The summed E-state index contributed by atoms with van der Waals surface area (Å²) < 4.78 is 0. The fraction of sp³-hybridized carbons (Fsp3) is 0.421.